The topological polar surface area (TPSA) is 47.6 Å². The second kappa shape index (κ2) is 17.4. The molecule has 1 aliphatic heterocycles. The van der Waals surface area contributed by atoms with Crippen molar-refractivity contribution in [1.29, 1.82) is 0 Å². The third-order valence-corrected chi connectivity index (χ3v) is 11.8. The Bertz CT molecular complexity index is 3220. The number of para-hydroxylation sites is 4. The largest absolute Gasteiger partial charge is 4.00 e. The molecule has 0 unspecified atom stereocenters. The molecule has 64 heavy (non-hydrogen) atoms. The predicted molar refractivity (Wildman–Crippen MR) is 258 cm³/mol. The van der Waals surface area contributed by atoms with Gasteiger partial charge >= 0.3 is 21.1 Å². The molecule has 1 aliphatic rings. The minimum atomic E-state index is 0. The van der Waals surface area contributed by atoms with Crippen molar-refractivity contribution < 1.29 is 25.8 Å². The molecule has 0 spiro atoms. The number of aryl methyl sites for hydroxylation is 2. The van der Waals surface area contributed by atoms with Gasteiger partial charge in [-0.05, 0) is 71.3 Å². The molecule has 0 saturated heterocycles. The first-order valence-electron chi connectivity index (χ1n) is 21.2. The molecule has 6 nitrogen and oxygen atoms in total. The summed E-state index contributed by atoms with van der Waals surface area (Å²) in [7, 11) is 0. The minimum Gasteiger partial charge on any atom is -0.668 e. The summed E-state index contributed by atoms with van der Waals surface area (Å²) in [6, 6.07) is 72.7. The molecular weight excluding hydrogens is 966 g/mol. The van der Waals surface area contributed by atoms with Gasteiger partial charge in [0.2, 0.25) is 0 Å². The van der Waals surface area contributed by atoms with E-state index in [0.29, 0.717) is 18.2 Å². The number of aromatic nitrogens is 2. The van der Waals surface area contributed by atoms with Gasteiger partial charge in [-0.25, -0.2) is 0 Å². The number of benzene rings is 8. The first kappa shape index (κ1) is 40.7. The fraction of sp³-hybridized carbons (Fsp3) is 0.0526. The quantitative estimate of drug-likeness (QED) is 0.128. The van der Waals surface area contributed by atoms with E-state index in [1.54, 1.807) is 0 Å². The molecule has 8 aromatic carbocycles. The van der Waals surface area contributed by atoms with Gasteiger partial charge in [0.05, 0.1) is 0 Å². The van der Waals surface area contributed by atoms with Gasteiger partial charge in [0, 0.05) is 57.1 Å². The zero-order valence-electron chi connectivity index (χ0n) is 35.2. The fourth-order valence-electron chi connectivity index (χ4n) is 8.74. The monoisotopic (exact) mass is 1010 g/mol. The molecule has 2 aromatic heterocycles. The average molecular weight is 1010 g/mol. The maximum Gasteiger partial charge on any atom is 4.00 e. The minimum absolute atomic E-state index is 0. The van der Waals surface area contributed by atoms with Gasteiger partial charge in [0.1, 0.15) is 0 Å². The standard InChI is InChI=1S/C57H41N5O.Pt/c1-39-36-58-40(2)33-52(39)43-27-29-44(30-28-43)59-37-60-53-24-10-9-21-50(53)51-32-31-47(35-56(51)60)63-46-20-13-19-45(34-46)61-38-62(55-26-12-11-25-54(55)61)57-48(41-15-5-3-6-16-41)22-14-23-49(57)42-17-7-4-8-18-42;/h3-33,36,38H,37H2,1-2H3;/q-4;+4. The van der Waals surface area contributed by atoms with E-state index in [9.17, 15) is 0 Å². The molecule has 0 bridgehead atoms. The van der Waals surface area contributed by atoms with Crippen LogP contribution in [-0.2, 0) is 27.7 Å². The molecule has 0 N–H and O–H groups in total. The average Bonchev–Trinajstić information content (AvgIpc) is 3.88. The zero-order chi connectivity index (χ0) is 42.3. The van der Waals surface area contributed by atoms with Crippen molar-refractivity contribution in [2.45, 2.75) is 20.5 Å². The van der Waals surface area contributed by atoms with Crippen LogP contribution in [0.15, 0.2) is 194 Å². The summed E-state index contributed by atoms with van der Waals surface area (Å²) in [6.45, 7) is 6.72. The molecule has 11 rings (SSSR count). The fourth-order valence-corrected chi connectivity index (χ4v) is 8.74. The van der Waals surface area contributed by atoms with E-state index in [1.165, 1.54) is 5.56 Å². The first-order valence-corrected chi connectivity index (χ1v) is 21.2. The van der Waals surface area contributed by atoms with Crippen LogP contribution < -0.4 is 14.5 Å². The zero-order valence-corrected chi connectivity index (χ0v) is 37.5. The van der Waals surface area contributed by atoms with Gasteiger partial charge in [-0.15, -0.1) is 53.8 Å². The van der Waals surface area contributed by atoms with E-state index >= 15 is 0 Å². The number of nitrogens with zero attached hydrogens (tertiary/aromatic N) is 5. The van der Waals surface area contributed by atoms with Crippen LogP contribution in [0.4, 0.5) is 28.4 Å². The summed E-state index contributed by atoms with van der Waals surface area (Å²) >= 11 is 0. The number of hydrogen-bond acceptors (Lipinski definition) is 4. The third kappa shape index (κ3) is 7.61. The van der Waals surface area contributed by atoms with Crippen LogP contribution in [0.5, 0.6) is 11.5 Å². The first-order chi connectivity index (χ1) is 31.1. The third-order valence-electron chi connectivity index (χ3n) is 11.8. The van der Waals surface area contributed by atoms with Crippen LogP contribution in [0.25, 0.3) is 60.5 Å². The Morgan fingerprint density at radius 3 is 1.92 bits per heavy atom. The summed E-state index contributed by atoms with van der Waals surface area (Å²) < 4.78 is 8.83. The molecule has 10 aromatic rings. The Kier molecular flexibility index (Phi) is 11.1. The van der Waals surface area contributed by atoms with E-state index in [2.05, 4.69) is 215 Å². The van der Waals surface area contributed by atoms with Crippen molar-refractivity contribution in [3.8, 4) is 44.9 Å². The maximum absolute atomic E-state index is 6.61. The van der Waals surface area contributed by atoms with Gasteiger partial charge in [-0.1, -0.05) is 146 Å². The number of hydrogen-bond donors (Lipinski definition) is 0. The summed E-state index contributed by atoms with van der Waals surface area (Å²) in [5.74, 6) is 1.19. The Morgan fingerprint density at radius 2 is 1.19 bits per heavy atom. The van der Waals surface area contributed by atoms with Crippen LogP contribution >= 0.6 is 0 Å². The van der Waals surface area contributed by atoms with Crippen molar-refractivity contribution in [3.63, 3.8) is 0 Å². The van der Waals surface area contributed by atoms with Gasteiger partial charge in [-0.2, -0.15) is 12.1 Å². The number of ether oxygens (including phenoxy) is 1. The van der Waals surface area contributed by atoms with E-state index in [1.807, 2.05) is 31.3 Å². The van der Waals surface area contributed by atoms with Crippen LogP contribution in [0.2, 0.25) is 0 Å². The molecule has 7 heteroatoms. The number of fused-ring (bicyclic) bond motifs is 4. The van der Waals surface area contributed by atoms with Gasteiger partial charge in [0.25, 0.3) is 0 Å². The van der Waals surface area contributed by atoms with E-state index < -0.39 is 0 Å². The summed E-state index contributed by atoms with van der Waals surface area (Å²) in [4.78, 5) is 8.94. The summed E-state index contributed by atoms with van der Waals surface area (Å²) in [5.41, 5.74) is 16.1. The molecular formula is C57H41N5OPt. The molecule has 0 amide bonds. The van der Waals surface area contributed by atoms with Gasteiger partial charge < -0.3 is 24.4 Å². The van der Waals surface area contributed by atoms with Gasteiger partial charge in [-0.3, -0.25) is 4.98 Å². The summed E-state index contributed by atoms with van der Waals surface area (Å²) in [6.07, 6.45) is 1.93. The smallest absolute Gasteiger partial charge is 0.668 e. The molecule has 0 atom stereocenters. The molecule has 0 aliphatic carbocycles. The van der Waals surface area contributed by atoms with Crippen LogP contribution in [0.3, 0.4) is 0 Å². The Morgan fingerprint density at radius 1 is 0.562 bits per heavy atom. The molecule has 0 saturated carbocycles. The van der Waals surface area contributed by atoms with Crippen molar-refractivity contribution in [3.05, 3.63) is 230 Å². The van der Waals surface area contributed by atoms with E-state index in [0.717, 1.165) is 89.3 Å². The second-order valence-corrected chi connectivity index (χ2v) is 15.8. The number of rotatable bonds is 10. The van der Waals surface area contributed by atoms with Crippen LogP contribution in [0.1, 0.15) is 11.3 Å². The van der Waals surface area contributed by atoms with Crippen molar-refractivity contribution in [2.24, 2.45) is 0 Å². The Hall–Kier alpha value is -7.40. The predicted octanol–water partition coefficient (Wildman–Crippen LogP) is 15.3. The van der Waals surface area contributed by atoms with Crippen LogP contribution in [0, 0.1) is 32.6 Å². The van der Waals surface area contributed by atoms with E-state index in [-0.39, 0.29) is 21.1 Å². The molecule has 0 radical (unpaired) electrons. The SMILES string of the molecule is Cc1cc(-c2ccc([N-]Cn3c4[c-]c(Oc5[c-]c(N6[CH-]N(c7c(-c8ccccc8)cccc7-c7ccccc7)c7ccccc76)ccc5)ccc4c4ccccc43)cc2)c(C)cn1.[Pt+4]. The number of pyridine rings is 1. The van der Waals surface area contributed by atoms with Crippen LogP contribution in [-0.4, -0.2) is 9.55 Å². The van der Waals surface area contributed by atoms with E-state index in [4.69, 9.17) is 10.1 Å². The molecule has 3 heterocycles. The van der Waals surface area contributed by atoms with Crippen molar-refractivity contribution in [1.82, 2.24) is 9.55 Å². The van der Waals surface area contributed by atoms with Crippen molar-refractivity contribution in [2.75, 3.05) is 9.80 Å². The second-order valence-electron chi connectivity index (χ2n) is 15.8. The number of anilines is 4. The van der Waals surface area contributed by atoms with Crippen molar-refractivity contribution >= 4 is 50.2 Å². The maximum atomic E-state index is 6.61. The molecule has 0 fully saturated rings. The molecule has 310 valence electrons. The van der Waals surface area contributed by atoms with Gasteiger partial charge in [0.15, 0.2) is 0 Å². The Labute approximate surface area is 388 Å². The Balaban J connectivity index is 0.00000484. The normalized spacial score (nSPS) is 12.0. The summed E-state index contributed by atoms with van der Waals surface area (Å²) in [5, 5.41) is 7.30.